The number of aryl methyl sites for hydroxylation is 1. The Hall–Kier alpha value is -2.76. The van der Waals surface area contributed by atoms with Gasteiger partial charge >= 0.3 is 5.91 Å². The molecule has 0 bridgehead atoms. The van der Waals surface area contributed by atoms with E-state index in [0.717, 1.165) is 12.1 Å². The van der Waals surface area contributed by atoms with E-state index in [1.807, 2.05) is 13.8 Å². The molecule has 1 radical (unpaired) electrons. The number of ether oxygens (including phenoxy) is 1. The van der Waals surface area contributed by atoms with Crippen molar-refractivity contribution in [1.82, 2.24) is 24.3 Å². The highest BCUT2D eigenvalue weighted by atomic mass is 32.2. The summed E-state index contributed by atoms with van der Waals surface area (Å²) >= 11 is 0. The molecule has 3 heterocycles. The lowest BCUT2D eigenvalue weighted by molar-refractivity contribution is 0.0967. The zero-order valence-corrected chi connectivity index (χ0v) is 21.8. The molecule has 2 aliphatic rings. The average Bonchev–Trinajstić information content (AvgIpc) is 3.15. The van der Waals surface area contributed by atoms with Crippen LogP contribution in [0.2, 0.25) is 0 Å². The molecule has 0 unspecified atom stereocenters. The Morgan fingerprint density at radius 2 is 1.83 bits per heavy atom. The van der Waals surface area contributed by atoms with Crippen molar-refractivity contribution in [3.05, 3.63) is 35.2 Å². The molecule has 4 rings (SSSR count). The zero-order chi connectivity index (χ0) is 25.3. The van der Waals surface area contributed by atoms with Crippen molar-refractivity contribution in [2.45, 2.75) is 51.5 Å². The van der Waals surface area contributed by atoms with Crippen molar-refractivity contribution in [2.75, 3.05) is 32.8 Å². The summed E-state index contributed by atoms with van der Waals surface area (Å²) in [5.41, 5.74) is 1.92. The number of rotatable bonds is 8. The monoisotopic (exact) mass is 501 g/mol. The predicted octanol–water partition coefficient (Wildman–Crippen LogP) is 2.32. The van der Waals surface area contributed by atoms with E-state index in [4.69, 9.17) is 4.74 Å². The number of carbonyl (C=O) groups is 1. The van der Waals surface area contributed by atoms with E-state index in [-0.39, 0.29) is 16.4 Å². The van der Waals surface area contributed by atoms with E-state index in [1.165, 1.54) is 10.4 Å². The summed E-state index contributed by atoms with van der Waals surface area (Å²) in [6.45, 7) is 10.7. The second-order valence-electron chi connectivity index (χ2n) is 8.99. The Morgan fingerprint density at radius 3 is 2.46 bits per heavy atom. The summed E-state index contributed by atoms with van der Waals surface area (Å²) in [5.74, 6) is 0.0669. The molecule has 0 atom stereocenters. The fourth-order valence-corrected chi connectivity index (χ4v) is 5.91. The third-order valence-electron chi connectivity index (χ3n) is 6.39. The van der Waals surface area contributed by atoms with Crippen LogP contribution in [0.3, 0.4) is 0 Å². The summed E-state index contributed by atoms with van der Waals surface area (Å²) < 4.78 is 35.9. The maximum absolute atomic E-state index is 13.5. The molecular formula is C24H33N6O4S. The van der Waals surface area contributed by atoms with Crippen molar-refractivity contribution in [3.63, 3.8) is 0 Å². The number of hydrogen-bond donors (Lipinski definition) is 0. The van der Waals surface area contributed by atoms with E-state index in [1.54, 1.807) is 23.9 Å². The SMILES string of the molecule is CCCc1c2c(nn1C)C(=O)[N]C(c1cc(S(=O)(=O)N3CCN(C(C)C)CC3)ccc1OCC)=N2. The Balaban J connectivity index is 1.74. The molecule has 35 heavy (non-hydrogen) atoms. The van der Waals surface area contributed by atoms with Gasteiger partial charge in [-0.3, -0.25) is 14.4 Å². The van der Waals surface area contributed by atoms with Crippen molar-refractivity contribution in [1.29, 1.82) is 0 Å². The topological polar surface area (TPSA) is 111 Å². The van der Waals surface area contributed by atoms with Gasteiger partial charge in [-0.15, -0.1) is 0 Å². The molecule has 189 valence electrons. The fraction of sp³-hybridized carbons (Fsp3) is 0.542. The second kappa shape index (κ2) is 10.1. The molecule has 0 spiro atoms. The summed E-state index contributed by atoms with van der Waals surface area (Å²) in [5, 5.41) is 8.46. The molecule has 0 N–H and O–H groups in total. The molecule has 11 heteroatoms. The van der Waals surface area contributed by atoms with Gasteiger partial charge in [0.25, 0.3) is 0 Å². The molecule has 1 aromatic heterocycles. The van der Waals surface area contributed by atoms with Crippen LogP contribution in [0.15, 0.2) is 28.1 Å². The summed E-state index contributed by atoms with van der Waals surface area (Å²) in [4.78, 5) is 19.9. The average molecular weight is 502 g/mol. The van der Waals surface area contributed by atoms with Crippen LogP contribution in [0.25, 0.3) is 0 Å². The van der Waals surface area contributed by atoms with Gasteiger partial charge in [-0.2, -0.15) is 14.7 Å². The van der Waals surface area contributed by atoms with Gasteiger partial charge in [-0.1, -0.05) is 13.3 Å². The van der Waals surface area contributed by atoms with Crippen LogP contribution in [0.4, 0.5) is 5.69 Å². The normalized spacial score (nSPS) is 17.3. The number of amidine groups is 1. The Morgan fingerprint density at radius 1 is 1.11 bits per heavy atom. The lowest BCUT2D eigenvalue weighted by Crippen LogP contribution is -2.50. The minimum atomic E-state index is -3.74. The van der Waals surface area contributed by atoms with Crippen LogP contribution < -0.4 is 10.1 Å². The number of benzene rings is 1. The fourth-order valence-electron chi connectivity index (χ4n) is 4.46. The number of piperazine rings is 1. The van der Waals surface area contributed by atoms with Gasteiger partial charge in [0.15, 0.2) is 11.5 Å². The van der Waals surface area contributed by atoms with E-state index < -0.39 is 15.9 Å². The largest absolute Gasteiger partial charge is 0.493 e. The standard InChI is InChI=1S/C24H33N6O4S/c1-6-8-19-21-22(27-28(19)5)24(31)26-23(25-21)18-15-17(9-10-20(18)34-7-2)35(32,33)30-13-11-29(12-14-30)16(3)4/h9-10,15-16H,6-8,11-14H2,1-5H3. The third kappa shape index (κ3) is 4.85. The zero-order valence-electron chi connectivity index (χ0n) is 21.0. The van der Waals surface area contributed by atoms with Gasteiger partial charge in [0, 0.05) is 39.3 Å². The molecule has 0 aliphatic carbocycles. The highest BCUT2D eigenvalue weighted by Crippen LogP contribution is 2.32. The molecule has 2 aromatic rings. The van der Waals surface area contributed by atoms with Gasteiger partial charge in [-0.25, -0.2) is 13.4 Å². The van der Waals surface area contributed by atoms with E-state index in [9.17, 15) is 13.2 Å². The smallest absolute Gasteiger partial charge is 0.301 e. The first-order valence-electron chi connectivity index (χ1n) is 12.1. The number of fused-ring (bicyclic) bond motifs is 1. The number of sulfonamides is 1. The second-order valence-corrected chi connectivity index (χ2v) is 10.9. The van der Waals surface area contributed by atoms with Gasteiger partial charge < -0.3 is 4.74 Å². The van der Waals surface area contributed by atoms with Crippen LogP contribution in [-0.2, 0) is 23.5 Å². The first kappa shape index (κ1) is 25.3. The van der Waals surface area contributed by atoms with Gasteiger partial charge in [0.05, 0.1) is 22.8 Å². The first-order chi connectivity index (χ1) is 16.7. The Kier molecular flexibility index (Phi) is 7.30. The van der Waals surface area contributed by atoms with Crippen molar-refractivity contribution in [3.8, 4) is 5.75 Å². The minimum absolute atomic E-state index is 0.130. The summed E-state index contributed by atoms with van der Waals surface area (Å²) in [6, 6.07) is 5.05. The molecule has 1 saturated heterocycles. The van der Waals surface area contributed by atoms with E-state index >= 15 is 0 Å². The van der Waals surface area contributed by atoms with Gasteiger partial charge in [-0.05, 0) is 45.4 Å². The van der Waals surface area contributed by atoms with Crippen LogP contribution >= 0.6 is 0 Å². The molecule has 0 saturated carbocycles. The summed E-state index contributed by atoms with van der Waals surface area (Å²) in [7, 11) is -1.96. The van der Waals surface area contributed by atoms with Crippen molar-refractivity contribution >= 4 is 27.5 Å². The maximum atomic E-state index is 13.5. The predicted molar refractivity (Wildman–Crippen MR) is 133 cm³/mol. The lowest BCUT2D eigenvalue weighted by atomic mass is 10.1. The number of carbonyl (C=O) groups excluding carboxylic acids is 1. The highest BCUT2D eigenvalue weighted by Gasteiger charge is 2.33. The van der Waals surface area contributed by atoms with Crippen LogP contribution in [-0.4, -0.2) is 78.0 Å². The molecule has 2 aliphatic heterocycles. The van der Waals surface area contributed by atoms with Gasteiger partial charge in [0.2, 0.25) is 10.0 Å². The van der Waals surface area contributed by atoms with Gasteiger partial charge in [0.1, 0.15) is 11.4 Å². The third-order valence-corrected chi connectivity index (χ3v) is 8.28. The number of aliphatic imine (C=N–C) groups is 1. The molecule has 1 fully saturated rings. The molecular weight excluding hydrogens is 468 g/mol. The lowest BCUT2D eigenvalue weighted by Gasteiger charge is -2.36. The van der Waals surface area contributed by atoms with Crippen molar-refractivity contribution < 1.29 is 17.9 Å². The Labute approximate surface area is 207 Å². The van der Waals surface area contributed by atoms with Crippen molar-refractivity contribution in [2.24, 2.45) is 12.0 Å². The molecule has 10 nitrogen and oxygen atoms in total. The summed E-state index contributed by atoms with van der Waals surface area (Å²) in [6.07, 6.45) is 1.57. The van der Waals surface area contributed by atoms with E-state index in [0.29, 0.717) is 62.2 Å². The molecule has 1 amide bonds. The van der Waals surface area contributed by atoms with Crippen LogP contribution in [0.1, 0.15) is 55.9 Å². The maximum Gasteiger partial charge on any atom is 0.301 e. The molecule has 1 aromatic carbocycles. The van der Waals surface area contributed by atoms with Crippen LogP contribution in [0, 0.1) is 0 Å². The quantitative estimate of drug-likeness (QED) is 0.549. The van der Waals surface area contributed by atoms with E-state index in [2.05, 4.69) is 34.2 Å². The highest BCUT2D eigenvalue weighted by molar-refractivity contribution is 7.89. The number of amides is 1. The van der Waals surface area contributed by atoms with Crippen LogP contribution in [0.5, 0.6) is 5.75 Å². The first-order valence-corrected chi connectivity index (χ1v) is 13.5. The number of hydrogen-bond acceptors (Lipinski definition) is 7. The number of nitrogens with zero attached hydrogens (tertiary/aromatic N) is 6. The Bertz CT molecular complexity index is 1240. The number of aromatic nitrogens is 2. The minimum Gasteiger partial charge on any atom is -0.493 e.